The molecule has 0 saturated heterocycles. The molecule has 1 aromatic heterocycles. The first kappa shape index (κ1) is 12.5. The first-order valence-corrected chi connectivity index (χ1v) is 5.18. The van der Waals surface area contributed by atoms with Crippen LogP contribution >= 0.6 is 11.6 Å². The van der Waals surface area contributed by atoms with Crippen molar-refractivity contribution in [2.45, 2.75) is 0 Å². The standard InChI is InChI=1S/C11H7ClF3N3/c12-7-3-6(16)4-17-11(7)18-10-8(14)1-5(13)2-9(10)15/h1-4H,16H2,(H,17,18). The number of rotatable bonds is 2. The third kappa shape index (κ3) is 2.48. The normalized spacial score (nSPS) is 10.4. The molecule has 2 aromatic rings. The Morgan fingerprint density at radius 2 is 1.72 bits per heavy atom. The van der Waals surface area contributed by atoms with E-state index in [0.717, 1.165) is 0 Å². The molecule has 1 heterocycles. The number of aromatic nitrogens is 1. The van der Waals surface area contributed by atoms with Crippen molar-refractivity contribution < 1.29 is 13.2 Å². The second kappa shape index (κ2) is 4.73. The Labute approximate surface area is 105 Å². The molecule has 0 unspecified atom stereocenters. The maximum absolute atomic E-state index is 13.4. The molecule has 94 valence electrons. The minimum atomic E-state index is -1.08. The van der Waals surface area contributed by atoms with Crippen LogP contribution in [0.2, 0.25) is 5.02 Å². The Bertz CT molecular complexity index is 581. The Balaban J connectivity index is 2.40. The quantitative estimate of drug-likeness (QED) is 0.881. The monoisotopic (exact) mass is 273 g/mol. The molecule has 0 fully saturated rings. The topological polar surface area (TPSA) is 50.9 Å². The molecule has 0 spiro atoms. The maximum atomic E-state index is 13.4. The maximum Gasteiger partial charge on any atom is 0.152 e. The van der Waals surface area contributed by atoms with Crippen LogP contribution in [-0.4, -0.2) is 4.98 Å². The van der Waals surface area contributed by atoms with Gasteiger partial charge in [-0.2, -0.15) is 0 Å². The highest BCUT2D eigenvalue weighted by Crippen LogP contribution is 2.28. The first-order valence-electron chi connectivity index (χ1n) is 4.80. The average Bonchev–Trinajstić information content (AvgIpc) is 2.25. The van der Waals surface area contributed by atoms with Gasteiger partial charge in [-0.25, -0.2) is 18.2 Å². The molecule has 3 nitrogen and oxygen atoms in total. The lowest BCUT2D eigenvalue weighted by Gasteiger charge is -2.09. The van der Waals surface area contributed by atoms with Crippen LogP contribution in [0.1, 0.15) is 0 Å². The van der Waals surface area contributed by atoms with Gasteiger partial charge in [-0.3, -0.25) is 0 Å². The smallest absolute Gasteiger partial charge is 0.152 e. The number of halogens is 4. The number of hydrogen-bond acceptors (Lipinski definition) is 3. The molecule has 0 amide bonds. The van der Waals surface area contributed by atoms with E-state index >= 15 is 0 Å². The number of pyridine rings is 1. The number of nitrogens with two attached hydrogens (primary N) is 1. The first-order chi connectivity index (χ1) is 8.47. The van der Waals surface area contributed by atoms with Crippen LogP contribution in [0.5, 0.6) is 0 Å². The van der Waals surface area contributed by atoms with Gasteiger partial charge >= 0.3 is 0 Å². The molecule has 0 atom stereocenters. The van der Waals surface area contributed by atoms with Crippen LogP contribution in [0.15, 0.2) is 24.4 Å². The van der Waals surface area contributed by atoms with Crippen molar-refractivity contribution in [1.82, 2.24) is 4.98 Å². The predicted molar refractivity (Wildman–Crippen MR) is 63.3 cm³/mol. The number of nitrogens with zero attached hydrogens (tertiary/aromatic N) is 1. The molecule has 0 bridgehead atoms. The molecular weight excluding hydrogens is 267 g/mol. The summed E-state index contributed by atoms with van der Waals surface area (Å²) in [5.41, 5.74) is 5.21. The molecule has 3 N–H and O–H groups in total. The van der Waals surface area contributed by atoms with Crippen molar-refractivity contribution in [2.24, 2.45) is 0 Å². The van der Waals surface area contributed by atoms with Crippen LogP contribution in [0.25, 0.3) is 0 Å². The van der Waals surface area contributed by atoms with Crippen LogP contribution in [0, 0.1) is 17.5 Å². The van der Waals surface area contributed by atoms with Crippen molar-refractivity contribution in [2.75, 3.05) is 11.1 Å². The van der Waals surface area contributed by atoms with Gasteiger partial charge in [0.15, 0.2) is 11.6 Å². The molecule has 18 heavy (non-hydrogen) atoms. The zero-order valence-corrected chi connectivity index (χ0v) is 9.60. The van der Waals surface area contributed by atoms with Gasteiger partial charge in [0.25, 0.3) is 0 Å². The van der Waals surface area contributed by atoms with Gasteiger partial charge in [0, 0.05) is 12.1 Å². The third-order valence-corrected chi connectivity index (χ3v) is 2.40. The summed E-state index contributed by atoms with van der Waals surface area (Å²) in [5.74, 6) is -3.15. The molecule has 0 radical (unpaired) electrons. The fourth-order valence-electron chi connectivity index (χ4n) is 1.32. The van der Waals surface area contributed by atoms with Gasteiger partial charge < -0.3 is 11.1 Å². The van der Waals surface area contributed by atoms with Crippen molar-refractivity contribution in [1.29, 1.82) is 0 Å². The highest BCUT2D eigenvalue weighted by Gasteiger charge is 2.13. The fourth-order valence-corrected chi connectivity index (χ4v) is 1.55. The minimum Gasteiger partial charge on any atom is -0.397 e. The van der Waals surface area contributed by atoms with Crippen LogP contribution in [0.3, 0.4) is 0 Å². The molecule has 0 aliphatic carbocycles. The van der Waals surface area contributed by atoms with E-state index < -0.39 is 23.1 Å². The van der Waals surface area contributed by atoms with Crippen molar-refractivity contribution in [3.63, 3.8) is 0 Å². The van der Waals surface area contributed by atoms with E-state index in [1.165, 1.54) is 12.3 Å². The van der Waals surface area contributed by atoms with E-state index in [1.54, 1.807) is 0 Å². The van der Waals surface area contributed by atoms with E-state index in [9.17, 15) is 13.2 Å². The average molecular weight is 274 g/mol. The zero-order valence-electron chi connectivity index (χ0n) is 8.85. The Morgan fingerprint density at radius 3 is 2.28 bits per heavy atom. The second-order valence-corrected chi connectivity index (χ2v) is 3.88. The van der Waals surface area contributed by atoms with E-state index in [2.05, 4.69) is 10.3 Å². The number of nitrogens with one attached hydrogen (secondary N) is 1. The van der Waals surface area contributed by atoms with Crippen LogP contribution in [-0.2, 0) is 0 Å². The lowest BCUT2D eigenvalue weighted by Crippen LogP contribution is -2.01. The Hall–Kier alpha value is -1.95. The molecule has 0 aliphatic heterocycles. The Morgan fingerprint density at radius 1 is 1.11 bits per heavy atom. The fraction of sp³-hybridized carbons (Fsp3) is 0. The van der Waals surface area contributed by atoms with Crippen LogP contribution < -0.4 is 11.1 Å². The summed E-state index contributed by atoms with van der Waals surface area (Å²) in [6.07, 6.45) is 1.27. The van der Waals surface area contributed by atoms with Gasteiger partial charge in [-0.1, -0.05) is 11.6 Å². The second-order valence-electron chi connectivity index (χ2n) is 3.47. The van der Waals surface area contributed by atoms with Gasteiger partial charge in [0.2, 0.25) is 0 Å². The number of benzene rings is 1. The number of nitrogen functional groups attached to an aromatic ring is 1. The number of hydrogen-bond donors (Lipinski definition) is 2. The molecule has 7 heteroatoms. The number of anilines is 3. The van der Waals surface area contributed by atoms with Crippen LogP contribution in [0.4, 0.5) is 30.4 Å². The minimum absolute atomic E-state index is 0.0234. The molecule has 1 aromatic carbocycles. The third-order valence-electron chi connectivity index (χ3n) is 2.11. The van der Waals surface area contributed by atoms with E-state index in [0.29, 0.717) is 17.8 Å². The molecule has 2 rings (SSSR count). The summed E-state index contributed by atoms with van der Waals surface area (Å²) < 4.78 is 39.5. The molecule has 0 aliphatic rings. The zero-order chi connectivity index (χ0) is 13.3. The lowest BCUT2D eigenvalue weighted by atomic mass is 10.2. The summed E-state index contributed by atoms with van der Waals surface area (Å²) in [5, 5.41) is 2.44. The predicted octanol–water partition coefficient (Wildman–Crippen LogP) is 3.48. The molecule has 0 saturated carbocycles. The van der Waals surface area contributed by atoms with E-state index in [-0.39, 0.29) is 10.8 Å². The largest absolute Gasteiger partial charge is 0.397 e. The molecular formula is C11H7ClF3N3. The highest BCUT2D eigenvalue weighted by molar-refractivity contribution is 6.33. The van der Waals surface area contributed by atoms with Gasteiger partial charge in [0.1, 0.15) is 17.3 Å². The summed E-state index contributed by atoms with van der Waals surface area (Å²) in [6.45, 7) is 0. The lowest BCUT2D eigenvalue weighted by molar-refractivity contribution is 0.549. The SMILES string of the molecule is Nc1cnc(Nc2c(F)cc(F)cc2F)c(Cl)c1. The van der Waals surface area contributed by atoms with Gasteiger partial charge in [0.05, 0.1) is 16.9 Å². The van der Waals surface area contributed by atoms with Crippen molar-refractivity contribution in [3.05, 3.63) is 46.9 Å². The van der Waals surface area contributed by atoms with E-state index in [4.69, 9.17) is 17.3 Å². The van der Waals surface area contributed by atoms with Gasteiger partial charge in [-0.05, 0) is 6.07 Å². The highest BCUT2D eigenvalue weighted by atomic mass is 35.5. The van der Waals surface area contributed by atoms with Gasteiger partial charge in [-0.15, -0.1) is 0 Å². The summed E-state index contributed by atoms with van der Waals surface area (Å²) in [4.78, 5) is 3.78. The van der Waals surface area contributed by atoms with Crippen molar-refractivity contribution in [3.8, 4) is 0 Å². The summed E-state index contributed by atoms with van der Waals surface area (Å²) >= 11 is 5.79. The summed E-state index contributed by atoms with van der Waals surface area (Å²) in [7, 11) is 0. The van der Waals surface area contributed by atoms with E-state index in [1.807, 2.05) is 0 Å². The summed E-state index contributed by atoms with van der Waals surface area (Å²) in [6, 6.07) is 2.48. The van der Waals surface area contributed by atoms with Crippen molar-refractivity contribution >= 4 is 28.8 Å². The Kier molecular flexibility index (Phi) is 3.29.